The molecule has 6 heteroatoms. The summed E-state index contributed by atoms with van der Waals surface area (Å²) in [6, 6.07) is 15.9. The molecule has 24 heavy (non-hydrogen) atoms. The predicted molar refractivity (Wildman–Crippen MR) is 94.2 cm³/mol. The molecule has 1 aromatic heterocycles. The van der Waals surface area contributed by atoms with E-state index in [2.05, 4.69) is 26.3 Å². The Morgan fingerprint density at radius 1 is 1.12 bits per heavy atom. The first kappa shape index (κ1) is 16.4. The zero-order valence-electron chi connectivity index (χ0n) is 12.7. The van der Waals surface area contributed by atoms with Crippen molar-refractivity contribution in [3.05, 3.63) is 82.2 Å². The van der Waals surface area contributed by atoms with E-state index in [0.717, 1.165) is 10.0 Å². The number of aromatic nitrogens is 2. The van der Waals surface area contributed by atoms with Gasteiger partial charge in [-0.05, 0) is 29.3 Å². The fourth-order valence-electron chi connectivity index (χ4n) is 2.33. The molecule has 2 aromatic carbocycles. The van der Waals surface area contributed by atoms with Crippen LogP contribution in [0.25, 0.3) is 0 Å². The van der Waals surface area contributed by atoms with E-state index in [4.69, 9.17) is 0 Å². The summed E-state index contributed by atoms with van der Waals surface area (Å²) in [6.07, 6.45) is 1.60. The van der Waals surface area contributed by atoms with Gasteiger partial charge in [-0.3, -0.25) is 4.79 Å². The lowest BCUT2D eigenvalue weighted by Gasteiger charge is -2.10. The quantitative estimate of drug-likeness (QED) is 0.718. The van der Waals surface area contributed by atoms with E-state index in [1.165, 1.54) is 6.07 Å². The fraction of sp³-hybridized carbons (Fsp3) is 0.111. The summed E-state index contributed by atoms with van der Waals surface area (Å²) in [5, 5.41) is 7.01. The lowest BCUT2D eigenvalue weighted by molar-refractivity contribution is -0.115. The SMILES string of the molecule is O=C(Cc1ccccc1F)Nc1ccnn1Cc1ccc(Br)cc1. The molecule has 1 amide bonds. The Morgan fingerprint density at radius 2 is 1.88 bits per heavy atom. The van der Waals surface area contributed by atoms with E-state index >= 15 is 0 Å². The minimum atomic E-state index is -0.379. The molecule has 4 nitrogen and oxygen atoms in total. The molecule has 1 heterocycles. The summed E-state index contributed by atoms with van der Waals surface area (Å²) in [6.45, 7) is 0.537. The second-order valence-electron chi connectivity index (χ2n) is 5.32. The minimum Gasteiger partial charge on any atom is -0.311 e. The first-order chi connectivity index (χ1) is 11.6. The Kier molecular flexibility index (Phi) is 5.05. The number of halogens is 2. The maximum Gasteiger partial charge on any atom is 0.230 e. The molecule has 0 bridgehead atoms. The van der Waals surface area contributed by atoms with Gasteiger partial charge in [0.25, 0.3) is 0 Å². The van der Waals surface area contributed by atoms with Gasteiger partial charge in [0.05, 0.1) is 19.2 Å². The van der Waals surface area contributed by atoms with E-state index in [0.29, 0.717) is 17.9 Å². The maximum absolute atomic E-state index is 13.6. The highest BCUT2D eigenvalue weighted by molar-refractivity contribution is 9.10. The van der Waals surface area contributed by atoms with Crippen LogP contribution in [0, 0.1) is 5.82 Å². The van der Waals surface area contributed by atoms with Crippen molar-refractivity contribution < 1.29 is 9.18 Å². The van der Waals surface area contributed by atoms with E-state index in [1.807, 2.05) is 24.3 Å². The number of hydrogen-bond donors (Lipinski definition) is 1. The third-order valence-corrected chi connectivity index (χ3v) is 4.07. The molecule has 3 rings (SSSR count). The number of nitrogens with zero attached hydrogens (tertiary/aromatic N) is 2. The van der Waals surface area contributed by atoms with Gasteiger partial charge in [-0.15, -0.1) is 0 Å². The van der Waals surface area contributed by atoms with Crippen LogP contribution >= 0.6 is 15.9 Å². The topological polar surface area (TPSA) is 46.9 Å². The van der Waals surface area contributed by atoms with Crippen LogP contribution in [0.2, 0.25) is 0 Å². The highest BCUT2D eigenvalue weighted by Gasteiger charge is 2.11. The van der Waals surface area contributed by atoms with E-state index in [-0.39, 0.29) is 18.1 Å². The predicted octanol–water partition coefficient (Wildman–Crippen LogP) is 4.01. The zero-order chi connectivity index (χ0) is 16.9. The molecule has 0 unspecified atom stereocenters. The number of benzene rings is 2. The minimum absolute atomic E-state index is 0.0177. The summed E-state index contributed by atoms with van der Waals surface area (Å²) < 4.78 is 16.3. The third-order valence-electron chi connectivity index (χ3n) is 3.54. The molecule has 0 spiro atoms. The number of rotatable bonds is 5. The van der Waals surface area contributed by atoms with E-state index in [9.17, 15) is 9.18 Å². The van der Waals surface area contributed by atoms with E-state index in [1.54, 1.807) is 35.1 Å². The average Bonchev–Trinajstić information content (AvgIpc) is 2.98. The first-order valence-electron chi connectivity index (χ1n) is 7.41. The van der Waals surface area contributed by atoms with Crippen LogP contribution in [0.4, 0.5) is 10.2 Å². The van der Waals surface area contributed by atoms with Crippen LogP contribution in [-0.4, -0.2) is 15.7 Å². The number of nitrogens with one attached hydrogen (secondary N) is 1. The smallest absolute Gasteiger partial charge is 0.230 e. The Bertz CT molecular complexity index is 845. The molecule has 0 aliphatic heterocycles. The summed E-state index contributed by atoms with van der Waals surface area (Å²) in [7, 11) is 0. The van der Waals surface area contributed by atoms with Gasteiger partial charge in [0.2, 0.25) is 5.91 Å². The van der Waals surface area contributed by atoms with Gasteiger partial charge in [0.15, 0.2) is 0 Å². The van der Waals surface area contributed by atoms with Crippen LogP contribution in [0.1, 0.15) is 11.1 Å². The second-order valence-corrected chi connectivity index (χ2v) is 6.23. The van der Waals surface area contributed by atoms with Crippen molar-refractivity contribution in [2.75, 3.05) is 5.32 Å². The third kappa shape index (κ3) is 4.08. The molecule has 3 aromatic rings. The molecule has 0 saturated heterocycles. The average molecular weight is 388 g/mol. The number of anilines is 1. The number of hydrogen-bond acceptors (Lipinski definition) is 2. The molecule has 0 radical (unpaired) electrons. The standard InChI is InChI=1S/C18H15BrFN3O/c19-15-7-5-13(6-8-15)12-23-17(9-10-21-23)22-18(24)11-14-3-1-2-4-16(14)20/h1-10H,11-12H2,(H,22,24). The van der Waals surface area contributed by atoms with Crippen molar-refractivity contribution in [1.82, 2.24) is 9.78 Å². The largest absolute Gasteiger partial charge is 0.311 e. The lowest BCUT2D eigenvalue weighted by Crippen LogP contribution is -2.18. The molecule has 0 aliphatic carbocycles. The van der Waals surface area contributed by atoms with Gasteiger partial charge in [-0.1, -0.05) is 46.3 Å². The fourth-order valence-corrected chi connectivity index (χ4v) is 2.59. The normalized spacial score (nSPS) is 10.6. The Hall–Kier alpha value is -2.47. The molecule has 0 atom stereocenters. The summed E-state index contributed by atoms with van der Waals surface area (Å²) in [5.74, 6) is -0.0760. The Labute approximate surface area is 147 Å². The summed E-state index contributed by atoms with van der Waals surface area (Å²) in [5.41, 5.74) is 1.43. The molecule has 0 aliphatic rings. The van der Waals surface area contributed by atoms with Gasteiger partial charge in [-0.2, -0.15) is 5.10 Å². The lowest BCUT2D eigenvalue weighted by atomic mass is 10.1. The van der Waals surface area contributed by atoms with Crippen molar-refractivity contribution in [1.29, 1.82) is 0 Å². The number of amides is 1. The highest BCUT2D eigenvalue weighted by atomic mass is 79.9. The monoisotopic (exact) mass is 387 g/mol. The number of carbonyl (C=O) groups is 1. The molecule has 0 saturated carbocycles. The van der Waals surface area contributed by atoms with E-state index < -0.39 is 0 Å². The molecule has 1 N–H and O–H groups in total. The van der Waals surface area contributed by atoms with Gasteiger partial charge < -0.3 is 5.32 Å². The summed E-state index contributed by atoms with van der Waals surface area (Å²) >= 11 is 3.40. The first-order valence-corrected chi connectivity index (χ1v) is 8.20. The molecular weight excluding hydrogens is 373 g/mol. The Balaban J connectivity index is 1.68. The molecular formula is C18H15BrFN3O. The van der Waals surface area contributed by atoms with Crippen LogP contribution in [0.5, 0.6) is 0 Å². The van der Waals surface area contributed by atoms with Gasteiger partial charge in [0.1, 0.15) is 11.6 Å². The van der Waals surface area contributed by atoms with Crippen molar-refractivity contribution in [3.8, 4) is 0 Å². The van der Waals surface area contributed by atoms with Crippen LogP contribution < -0.4 is 5.32 Å². The van der Waals surface area contributed by atoms with Crippen molar-refractivity contribution in [2.45, 2.75) is 13.0 Å². The molecule has 122 valence electrons. The van der Waals surface area contributed by atoms with Crippen molar-refractivity contribution in [2.24, 2.45) is 0 Å². The Morgan fingerprint density at radius 3 is 2.62 bits per heavy atom. The van der Waals surface area contributed by atoms with Crippen molar-refractivity contribution in [3.63, 3.8) is 0 Å². The molecule has 0 fully saturated rings. The van der Waals surface area contributed by atoms with Gasteiger partial charge in [-0.25, -0.2) is 9.07 Å². The van der Waals surface area contributed by atoms with Crippen LogP contribution in [0.3, 0.4) is 0 Å². The van der Waals surface area contributed by atoms with Gasteiger partial charge in [0, 0.05) is 10.5 Å². The zero-order valence-corrected chi connectivity index (χ0v) is 14.3. The van der Waals surface area contributed by atoms with Gasteiger partial charge >= 0.3 is 0 Å². The van der Waals surface area contributed by atoms with Crippen molar-refractivity contribution >= 4 is 27.7 Å². The second kappa shape index (κ2) is 7.40. The van der Waals surface area contributed by atoms with Crippen LogP contribution in [-0.2, 0) is 17.8 Å². The van der Waals surface area contributed by atoms with Crippen LogP contribution in [0.15, 0.2) is 65.3 Å². The maximum atomic E-state index is 13.6. The highest BCUT2D eigenvalue weighted by Crippen LogP contribution is 2.15. The summed E-state index contributed by atoms with van der Waals surface area (Å²) in [4.78, 5) is 12.2. The number of carbonyl (C=O) groups excluding carboxylic acids is 1.